The first-order valence-electron chi connectivity index (χ1n) is 7.21. The number of fused-ring (bicyclic) bond motifs is 1. The second kappa shape index (κ2) is 6.31. The standard InChI is InChI=1S/C17H17N5O/c1-12(23)20-21-17(18)14-4-2-13(3-5-14)11-22-9-7-15-10-19-8-6-16(15)22/h2-10H,11H2,1H3,(H2,18,21)(H,20,23). The van der Waals surface area contributed by atoms with Crippen LogP contribution >= 0.6 is 0 Å². The van der Waals surface area contributed by atoms with Crippen molar-refractivity contribution in [3.8, 4) is 0 Å². The van der Waals surface area contributed by atoms with Crippen LogP contribution in [-0.4, -0.2) is 21.3 Å². The van der Waals surface area contributed by atoms with Gasteiger partial charge in [-0.25, -0.2) is 5.43 Å². The molecule has 0 bridgehead atoms. The number of carbonyl (C=O) groups is 1. The summed E-state index contributed by atoms with van der Waals surface area (Å²) in [5.41, 5.74) is 11.2. The van der Waals surface area contributed by atoms with Crippen LogP contribution in [-0.2, 0) is 11.3 Å². The van der Waals surface area contributed by atoms with Crippen LogP contribution in [0, 0.1) is 0 Å². The Bertz CT molecular complexity index is 864. The van der Waals surface area contributed by atoms with Crippen LogP contribution in [0.1, 0.15) is 18.1 Å². The van der Waals surface area contributed by atoms with Crippen molar-refractivity contribution in [2.45, 2.75) is 13.5 Å². The van der Waals surface area contributed by atoms with Gasteiger partial charge in [0.2, 0.25) is 5.91 Å². The van der Waals surface area contributed by atoms with E-state index < -0.39 is 0 Å². The number of hydrazone groups is 1. The van der Waals surface area contributed by atoms with E-state index in [-0.39, 0.29) is 11.7 Å². The van der Waals surface area contributed by atoms with Crippen molar-refractivity contribution in [2.24, 2.45) is 10.8 Å². The van der Waals surface area contributed by atoms with E-state index in [4.69, 9.17) is 5.73 Å². The van der Waals surface area contributed by atoms with Gasteiger partial charge in [0, 0.05) is 43.0 Å². The molecule has 0 spiro atoms. The molecule has 0 saturated heterocycles. The van der Waals surface area contributed by atoms with Crippen molar-refractivity contribution in [3.05, 3.63) is 66.1 Å². The van der Waals surface area contributed by atoms with Gasteiger partial charge in [-0.3, -0.25) is 9.78 Å². The minimum absolute atomic E-state index is 0.251. The number of carbonyl (C=O) groups excluding carboxylic acids is 1. The van der Waals surface area contributed by atoms with Gasteiger partial charge < -0.3 is 10.3 Å². The fourth-order valence-electron chi connectivity index (χ4n) is 2.36. The van der Waals surface area contributed by atoms with Crippen LogP contribution in [0.2, 0.25) is 0 Å². The van der Waals surface area contributed by atoms with Gasteiger partial charge in [0.1, 0.15) is 0 Å². The number of nitrogens with two attached hydrogens (primary N) is 1. The Morgan fingerprint density at radius 1 is 1.26 bits per heavy atom. The van der Waals surface area contributed by atoms with E-state index in [0.29, 0.717) is 0 Å². The predicted octanol–water partition coefficient (Wildman–Crippen LogP) is 1.84. The molecule has 116 valence electrons. The summed E-state index contributed by atoms with van der Waals surface area (Å²) in [6, 6.07) is 11.8. The van der Waals surface area contributed by atoms with E-state index in [0.717, 1.165) is 28.6 Å². The molecule has 1 amide bonds. The molecular formula is C17H17N5O. The van der Waals surface area contributed by atoms with Gasteiger partial charge in [0.15, 0.2) is 5.84 Å². The number of hydrogen-bond acceptors (Lipinski definition) is 3. The molecule has 1 aromatic carbocycles. The third kappa shape index (κ3) is 3.37. The zero-order valence-corrected chi connectivity index (χ0v) is 12.7. The van der Waals surface area contributed by atoms with E-state index in [1.807, 2.05) is 42.7 Å². The third-order valence-electron chi connectivity index (χ3n) is 3.51. The maximum absolute atomic E-state index is 10.8. The van der Waals surface area contributed by atoms with Crippen molar-refractivity contribution < 1.29 is 4.79 Å². The van der Waals surface area contributed by atoms with Crippen molar-refractivity contribution in [1.82, 2.24) is 15.0 Å². The molecule has 6 nitrogen and oxygen atoms in total. The Morgan fingerprint density at radius 2 is 2.04 bits per heavy atom. The lowest BCUT2D eigenvalue weighted by Gasteiger charge is -2.07. The molecule has 2 heterocycles. The molecule has 2 aromatic heterocycles. The Morgan fingerprint density at radius 3 is 2.78 bits per heavy atom. The van der Waals surface area contributed by atoms with Crippen LogP contribution < -0.4 is 11.2 Å². The number of nitrogens with zero attached hydrogens (tertiary/aromatic N) is 3. The average Bonchev–Trinajstić information content (AvgIpc) is 2.96. The monoisotopic (exact) mass is 307 g/mol. The molecule has 0 saturated carbocycles. The van der Waals surface area contributed by atoms with E-state index in [9.17, 15) is 4.79 Å². The van der Waals surface area contributed by atoms with Gasteiger partial charge in [-0.05, 0) is 17.7 Å². The Labute approximate surface area is 133 Å². The first-order chi connectivity index (χ1) is 11.1. The molecule has 0 unspecified atom stereocenters. The predicted molar refractivity (Wildman–Crippen MR) is 89.8 cm³/mol. The van der Waals surface area contributed by atoms with Gasteiger partial charge in [0.05, 0.1) is 5.52 Å². The lowest BCUT2D eigenvalue weighted by molar-refractivity contribution is -0.118. The molecule has 0 atom stereocenters. The molecule has 6 heteroatoms. The quantitative estimate of drug-likeness (QED) is 0.438. The minimum Gasteiger partial charge on any atom is -0.382 e. The van der Waals surface area contributed by atoms with Gasteiger partial charge in [-0.1, -0.05) is 24.3 Å². The number of rotatable bonds is 4. The van der Waals surface area contributed by atoms with Gasteiger partial charge in [0.25, 0.3) is 0 Å². The number of amidine groups is 1. The Hall–Kier alpha value is -3.15. The lowest BCUT2D eigenvalue weighted by atomic mass is 10.1. The zero-order valence-electron chi connectivity index (χ0n) is 12.7. The Kier molecular flexibility index (Phi) is 4.05. The molecular weight excluding hydrogens is 290 g/mol. The topological polar surface area (TPSA) is 85.3 Å². The summed E-state index contributed by atoms with van der Waals surface area (Å²) < 4.78 is 2.17. The summed E-state index contributed by atoms with van der Waals surface area (Å²) in [4.78, 5) is 15.0. The Balaban J connectivity index is 1.77. The number of benzene rings is 1. The van der Waals surface area contributed by atoms with Crippen LogP contribution in [0.15, 0.2) is 60.1 Å². The molecule has 0 aliphatic heterocycles. The highest BCUT2D eigenvalue weighted by molar-refractivity contribution is 5.98. The minimum atomic E-state index is -0.251. The van der Waals surface area contributed by atoms with Crippen molar-refractivity contribution in [1.29, 1.82) is 0 Å². The summed E-state index contributed by atoms with van der Waals surface area (Å²) in [6.45, 7) is 2.15. The van der Waals surface area contributed by atoms with Crippen LogP contribution in [0.5, 0.6) is 0 Å². The number of amides is 1. The third-order valence-corrected chi connectivity index (χ3v) is 3.51. The highest BCUT2D eigenvalue weighted by Gasteiger charge is 2.03. The molecule has 3 rings (SSSR count). The number of aromatic nitrogens is 2. The van der Waals surface area contributed by atoms with Crippen LogP contribution in [0.25, 0.3) is 10.9 Å². The van der Waals surface area contributed by atoms with E-state index in [1.54, 1.807) is 6.20 Å². The summed E-state index contributed by atoms with van der Waals surface area (Å²) in [5.74, 6) is 0.0304. The summed E-state index contributed by atoms with van der Waals surface area (Å²) in [6.07, 6.45) is 5.70. The number of pyridine rings is 1. The van der Waals surface area contributed by atoms with Gasteiger partial charge >= 0.3 is 0 Å². The second-order valence-electron chi connectivity index (χ2n) is 5.24. The normalized spacial score (nSPS) is 11.6. The largest absolute Gasteiger partial charge is 0.382 e. The first kappa shape index (κ1) is 14.8. The first-order valence-corrected chi connectivity index (χ1v) is 7.21. The van der Waals surface area contributed by atoms with Gasteiger partial charge in [-0.15, -0.1) is 0 Å². The lowest BCUT2D eigenvalue weighted by Crippen LogP contribution is -2.21. The number of nitrogens with one attached hydrogen (secondary N) is 1. The highest BCUT2D eigenvalue weighted by Crippen LogP contribution is 2.16. The van der Waals surface area contributed by atoms with Crippen molar-refractivity contribution in [3.63, 3.8) is 0 Å². The molecule has 3 N–H and O–H groups in total. The highest BCUT2D eigenvalue weighted by atomic mass is 16.2. The van der Waals surface area contributed by atoms with Crippen LogP contribution in [0.4, 0.5) is 0 Å². The fourth-order valence-corrected chi connectivity index (χ4v) is 2.36. The average molecular weight is 307 g/mol. The molecule has 3 aromatic rings. The second-order valence-corrected chi connectivity index (χ2v) is 5.24. The zero-order chi connectivity index (χ0) is 16.2. The summed E-state index contributed by atoms with van der Waals surface area (Å²) in [5, 5.41) is 4.94. The molecule has 0 aliphatic carbocycles. The van der Waals surface area contributed by atoms with Crippen molar-refractivity contribution >= 4 is 22.6 Å². The summed E-state index contributed by atoms with van der Waals surface area (Å²) in [7, 11) is 0. The SMILES string of the molecule is CC(=O)N/N=C(\N)c1ccc(Cn2ccc3cnccc32)cc1. The van der Waals surface area contributed by atoms with Gasteiger partial charge in [-0.2, -0.15) is 5.10 Å². The van der Waals surface area contributed by atoms with E-state index in [1.165, 1.54) is 6.92 Å². The summed E-state index contributed by atoms with van der Waals surface area (Å²) >= 11 is 0. The molecule has 23 heavy (non-hydrogen) atoms. The maximum Gasteiger partial charge on any atom is 0.237 e. The number of hydrogen-bond donors (Lipinski definition) is 2. The van der Waals surface area contributed by atoms with Crippen LogP contribution in [0.3, 0.4) is 0 Å². The van der Waals surface area contributed by atoms with Crippen molar-refractivity contribution in [2.75, 3.05) is 0 Å². The fraction of sp³-hybridized carbons (Fsp3) is 0.118. The molecule has 0 radical (unpaired) electrons. The smallest absolute Gasteiger partial charge is 0.237 e. The van der Waals surface area contributed by atoms with E-state index in [2.05, 4.69) is 26.1 Å². The van der Waals surface area contributed by atoms with E-state index >= 15 is 0 Å². The molecule has 0 aliphatic rings. The molecule has 0 fully saturated rings. The maximum atomic E-state index is 10.8.